The molecular weight excluding hydrogens is 444 g/mol. The van der Waals surface area contributed by atoms with Gasteiger partial charge in [-0.2, -0.15) is 0 Å². The normalized spacial score (nSPS) is 39.3. The molecule has 4 rings (SSSR count). The Balaban J connectivity index is 1.35. The first-order valence-corrected chi connectivity index (χ1v) is 16.6. The van der Waals surface area contributed by atoms with Crippen LogP contribution in [0, 0.1) is 40.4 Å². The van der Waals surface area contributed by atoms with Crippen molar-refractivity contribution in [2.24, 2.45) is 40.4 Å². The van der Waals surface area contributed by atoms with Crippen molar-refractivity contribution in [2.45, 2.75) is 149 Å². The topological polar surface area (TPSA) is 17.1 Å². The second-order valence-corrected chi connectivity index (χ2v) is 15.1. The van der Waals surface area contributed by atoms with Gasteiger partial charge >= 0.3 is 0 Å². The Kier molecular flexibility index (Phi) is 9.59. The smallest absolute Gasteiger partial charge is 0.189 e. The zero-order valence-corrected chi connectivity index (χ0v) is 24.7. The molecule has 0 unspecified atom stereocenters. The summed E-state index contributed by atoms with van der Waals surface area (Å²) in [7, 11) is 0. The second-order valence-electron chi connectivity index (χ2n) is 13.7. The van der Waals surface area contributed by atoms with Gasteiger partial charge in [0.1, 0.15) is 0 Å². The first-order chi connectivity index (χ1) is 16.8. The van der Waals surface area contributed by atoms with Crippen LogP contribution in [0.1, 0.15) is 144 Å². The molecule has 3 fully saturated rings. The molecule has 0 aromatic carbocycles. The molecule has 1 nitrogen and oxygen atoms in total. The maximum atomic E-state index is 12.6. The van der Waals surface area contributed by atoms with Gasteiger partial charge in [-0.1, -0.05) is 103 Å². The molecule has 0 aromatic heterocycles. The number of hydrogen-bond acceptors (Lipinski definition) is 2. The summed E-state index contributed by atoms with van der Waals surface area (Å²) in [5.41, 5.74) is 2.77. The van der Waals surface area contributed by atoms with Crippen LogP contribution in [-0.2, 0) is 4.79 Å². The van der Waals surface area contributed by atoms with E-state index in [1.807, 2.05) is 0 Å². The molecule has 3 saturated carbocycles. The van der Waals surface area contributed by atoms with Crippen molar-refractivity contribution >= 4 is 16.9 Å². The SMILES string of the molecule is CCCCCCCC[C@@H]1CC[C@@H]2[C@@H]3CC=C4C[C@@H](SC(=O)C[C@H](C)CC)CC[C@]4(C)[C@H]3CC[C@]12C. The third-order valence-corrected chi connectivity index (χ3v) is 12.8. The largest absolute Gasteiger partial charge is 0.287 e. The van der Waals surface area contributed by atoms with E-state index in [2.05, 4.69) is 40.7 Å². The molecule has 0 radical (unpaired) electrons. The van der Waals surface area contributed by atoms with Crippen LogP contribution in [0.15, 0.2) is 11.6 Å². The third-order valence-electron chi connectivity index (χ3n) is 11.7. The Labute approximate surface area is 222 Å². The van der Waals surface area contributed by atoms with Crippen molar-refractivity contribution < 1.29 is 4.79 Å². The van der Waals surface area contributed by atoms with Gasteiger partial charge in [0, 0.05) is 11.7 Å². The highest BCUT2D eigenvalue weighted by Gasteiger charge is 2.58. The van der Waals surface area contributed by atoms with E-state index in [4.69, 9.17) is 0 Å². The minimum Gasteiger partial charge on any atom is -0.287 e. The van der Waals surface area contributed by atoms with Crippen LogP contribution >= 0.6 is 11.8 Å². The average molecular weight is 501 g/mol. The summed E-state index contributed by atoms with van der Waals surface area (Å²) >= 11 is 1.70. The number of allylic oxidation sites excluding steroid dienone is 2. The van der Waals surface area contributed by atoms with Gasteiger partial charge in [-0.25, -0.2) is 0 Å². The molecular formula is C33H56OS. The highest BCUT2D eigenvalue weighted by Crippen LogP contribution is 2.67. The molecule has 200 valence electrons. The molecule has 0 N–H and O–H groups in total. The van der Waals surface area contributed by atoms with E-state index >= 15 is 0 Å². The number of thioether (sulfide) groups is 1. The quantitative estimate of drug-likeness (QED) is 0.207. The summed E-state index contributed by atoms with van der Waals surface area (Å²) in [6.07, 6.45) is 25.7. The Hall–Kier alpha value is -0.240. The Morgan fingerprint density at radius 2 is 1.77 bits per heavy atom. The zero-order chi connectivity index (χ0) is 25.1. The lowest BCUT2D eigenvalue weighted by Gasteiger charge is -2.58. The second kappa shape index (κ2) is 12.1. The number of rotatable bonds is 11. The van der Waals surface area contributed by atoms with Gasteiger partial charge in [-0.15, -0.1) is 0 Å². The van der Waals surface area contributed by atoms with E-state index in [9.17, 15) is 4.79 Å². The highest BCUT2D eigenvalue weighted by atomic mass is 32.2. The lowest BCUT2D eigenvalue weighted by molar-refractivity contribution is -0.111. The van der Waals surface area contributed by atoms with Gasteiger partial charge in [-0.05, 0) is 98.2 Å². The van der Waals surface area contributed by atoms with E-state index < -0.39 is 0 Å². The molecule has 0 spiro atoms. The molecule has 4 aliphatic rings. The first kappa shape index (κ1) is 27.8. The lowest BCUT2D eigenvalue weighted by atomic mass is 9.47. The van der Waals surface area contributed by atoms with Crippen LogP contribution in [0.3, 0.4) is 0 Å². The van der Waals surface area contributed by atoms with E-state index in [-0.39, 0.29) is 0 Å². The highest BCUT2D eigenvalue weighted by molar-refractivity contribution is 8.14. The molecule has 4 aliphatic carbocycles. The monoisotopic (exact) mass is 500 g/mol. The van der Waals surface area contributed by atoms with Crippen LogP contribution in [0.2, 0.25) is 0 Å². The van der Waals surface area contributed by atoms with Crippen LogP contribution in [-0.4, -0.2) is 10.4 Å². The van der Waals surface area contributed by atoms with Gasteiger partial charge in [0.05, 0.1) is 0 Å². The minimum absolute atomic E-state index is 0.415. The van der Waals surface area contributed by atoms with E-state index in [1.54, 1.807) is 17.3 Å². The van der Waals surface area contributed by atoms with Crippen LogP contribution in [0.5, 0.6) is 0 Å². The third kappa shape index (κ3) is 5.93. The molecule has 0 amide bonds. The van der Waals surface area contributed by atoms with Crippen molar-refractivity contribution in [3.8, 4) is 0 Å². The van der Waals surface area contributed by atoms with Crippen LogP contribution in [0.25, 0.3) is 0 Å². The van der Waals surface area contributed by atoms with Gasteiger partial charge < -0.3 is 0 Å². The predicted octanol–water partition coefficient (Wildman–Crippen LogP) is 10.4. The summed E-state index contributed by atoms with van der Waals surface area (Å²) in [6.45, 7) is 12.1. The van der Waals surface area contributed by atoms with Crippen LogP contribution < -0.4 is 0 Å². The Morgan fingerprint density at radius 1 is 1.00 bits per heavy atom. The van der Waals surface area contributed by atoms with Crippen molar-refractivity contribution in [3.05, 3.63) is 11.6 Å². The maximum Gasteiger partial charge on any atom is 0.189 e. The molecule has 35 heavy (non-hydrogen) atoms. The molecule has 0 aromatic rings. The van der Waals surface area contributed by atoms with Gasteiger partial charge in [-0.3, -0.25) is 4.79 Å². The lowest BCUT2D eigenvalue weighted by Crippen LogP contribution is -2.50. The minimum atomic E-state index is 0.415. The number of hydrogen-bond donors (Lipinski definition) is 0. The van der Waals surface area contributed by atoms with E-state index in [1.165, 1.54) is 96.3 Å². The average Bonchev–Trinajstić information content (AvgIpc) is 3.17. The number of carbonyl (C=O) groups excluding carboxylic acids is 1. The maximum absolute atomic E-state index is 12.6. The first-order valence-electron chi connectivity index (χ1n) is 15.7. The van der Waals surface area contributed by atoms with Crippen LogP contribution in [0.4, 0.5) is 0 Å². The number of unbranched alkanes of at least 4 members (excludes halogenated alkanes) is 5. The molecule has 0 heterocycles. The van der Waals surface area contributed by atoms with Crippen molar-refractivity contribution in [2.75, 3.05) is 0 Å². The predicted molar refractivity (Wildman–Crippen MR) is 154 cm³/mol. The summed E-state index contributed by atoms with van der Waals surface area (Å²) in [5, 5.41) is 0.975. The van der Waals surface area contributed by atoms with Gasteiger partial charge in [0.2, 0.25) is 0 Å². The fourth-order valence-corrected chi connectivity index (χ4v) is 10.4. The standard InChI is InChI=1S/C33H56OS/c1-6-8-9-10-11-12-13-25-15-17-29-28-16-14-26-23-27(35-31(34)22-24(3)7-2)18-20-33(26,5)30(28)19-21-32(25,29)4/h14,24-25,27-30H,6-13,15-23H2,1-5H3/t24-,25-,27+,28+,29-,30+,32-,33+/m1/s1. The summed E-state index contributed by atoms with van der Waals surface area (Å²) in [4.78, 5) is 12.6. The molecule has 2 heteroatoms. The molecule has 0 bridgehead atoms. The summed E-state index contributed by atoms with van der Waals surface area (Å²) < 4.78 is 0. The van der Waals surface area contributed by atoms with Gasteiger partial charge in [0.25, 0.3) is 0 Å². The van der Waals surface area contributed by atoms with E-state index in [0.29, 0.717) is 27.1 Å². The number of carbonyl (C=O) groups is 1. The van der Waals surface area contributed by atoms with Crippen molar-refractivity contribution in [1.29, 1.82) is 0 Å². The van der Waals surface area contributed by atoms with E-state index in [0.717, 1.165) is 36.5 Å². The molecule has 0 aliphatic heterocycles. The Morgan fingerprint density at radius 3 is 2.54 bits per heavy atom. The summed E-state index contributed by atoms with van der Waals surface area (Å²) in [5.74, 6) is 4.31. The Bertz CT molecular complexity index is 741. The fraction of sp³-hybridized carbons (Fsp3) is 0.909. The van der Waals surface area contributed by atoms with Gasteiger partial charge in [0.15, 0.2) is 5.12 Å². The van der Waals surface area contributed by atoms with Crippen molar-refractivity contribution in [3.63, 3.8) is 0 Å². The summed E-state index contributed by atoms with van der Waals surface area (Å²) in [6, 6.07) is 0. The zero-order valence-electron chi connectivity index (χ0n) is 23.9. The molecule has 8 atom stereocenters. The number of fused-ring (bicyclic) bond motifs is 5. The molecule has 0 saturated heterocycles. The fourth-order valence-electron chi connectivity index (χ4n) is 9.15. The van der Waals surface area contributed by atoms with Crippen molar-refractivity contribution in [1.82, 2.24) is 0 Å².